The van der Waals surface area contributed by atoms with Crippen molar-refractivity contribution < 1.29 is 19.1 Å². The third-order valence-corrected chi connectivity index (χ3v) is 9.95. The molecule has 3 aromatic rings. The van der Waals surface area contributed by atoms with Crippen molar-refractivity contribution in [3.05, 3.63) is 101 Å². The van der Waals surface area contributed by atoms with E-state index in [1.54, 1.807) is 24.3 Å². The SMILES string of the molecule is CCCCCCCCOC(=O)c1ccc(N2C(=O)[C@H]3C4c5ccccc5C(Br)(c5ccccc54)[C@H]3C2=O)cc1. The number of carbonyl (C=O) groups is 3. The van der Waals surface area contributed by atoms with Crippen LogP contribution in [0.15, 0.2) is 72.8 Å². The zero-order valence-electron chi connectivity index (χ0n) is 22.1. The molecule has 2 atom stereocenters. The number of amides is 2. The molecule has 2 bridgehead atoms. The van der Waals surface area contributed by atoms with Crippen molar-refractivity contribution in [3.8, 4) is 0 Å². The van der Waals surface area contributed by atoms with E-state index in [-0.39, 0.29) is 23.7 Å². The van der Waals surface area contributed by atoms with Gasteiger partial charge in [0.05, 0.1) is 34.0 Å². The first kappa shape index (κ1) is 26.0. The number of ether oxygens (including phenoxy) is 1. The van der Waals surface area contributed by atoms with Gasteiger partial charge in [-0.1, -0.05) is 103 Å². The van der Waals surface area contributed by atoms with Crippen LogP contribution in [0.5, 0.6) is 0 Å². The first-order chi connectivity index (χ1) is 19.0. The topological polar surface area (TPSA) is 63.7 Å². The van der Waals surface area contributed by atoms with Gasteiger partial charge in [-0.25, -0.2) is 9.69 Å². The Hall–Kier alpha value is -3.25. The number of halogens is 1. The average molecular weight is 587 g/mol. The lowest BCUT2D eigenvalue weighted by molar-refractivity contribution is -0.122. The largest absolute Gasteiger partial charge is 0.462 e. The second-order valence-corrected chi connectivity index (χ2v) is 12.1. The Morgan fingerprint density at radius 3 is 2.05 bits per heavy atom. The van der Waals surface area contributed by atoms with Crippen molar-refractivity contribution in [1.29, 1.82) is 0 Å². The zero-order valence-corrected chi connectivity index (χ0v) is 23.7. The van der Waals surface area contributed by atoms with Crippen LogP contribution in [0, 0.1) is 11.8 Å². The molecule has 0 N–H and O–H groups in total. The summed E-state index contributed by atoms with van der Waals surface area (Å²) in [6.45, 7) is 2.59. The van der Waals surface area contributed by atoms with Gasteiger partial charge in [-0.3, -0.25) is 9.59 Å². The fourth-order valence-corrected chi connectivity index (χ4v) is 8.01. The van der Waals surface area contributed by atoms with Crippen molar-refractivity contribution >= 4 is 39.4 Å². The highest BCUT2D eigenvalue weighted by Crippen LogP contribution is 2.66. The second-order valence-electron chi connectivity index (χ2n) is 10.8. The summed E-state index contributed by atoms with van der Waals surface area (Å²) in [4.78, 5) is 41.9. The van der Waals surface area contributed by atoms with E-state index in [0.29, 0.717) is 17.9 Å². The highest BCUT2D eigenvalue weighted by atomic mass is 79.9. The Kier molecular flexibility index (Phi) is 6.92. The molecule has 4 aliphatic rings. The van der Waals surface area contributed by atoms with Crippen LogP contribution in [0.1, 0.15) is 84.0 Å². The average Bonchev–Trinajstić information content (AvgIpc) is 3.23. The molecule has 3 aromatic carbocycles. The lowest BCUT2D eigenvalue weighted by Crippen LogP contribution is -2.50. The summed E-state index contributed by atoms with van der Waals surface area (Å²) >= 11 is 4.02. The van der Waals surface area contributed by atoms with Crippen LogP contribution in [0.2, 0.25) is 0 Å². The quantitative estimate of drug-likeness (QED) is 0.116. The number of esters is 1. The van der Waals surface area contributed by atoms with Gasteiger partial charge in [-0.05, 0) is 52.9 Å². The second kappa shape index (κ2) is 10.4. The monoisotopic (exact) mass is 585 g/mol. The van der Waals surface area contributed by atoms with E-state index in [9.17, 15) is 14.4 Å². The highest BCUT2D eigenvalue weighted by Gasteiger charge is 2.67. The van der Waals surface area contributed by atoms with Gasteiger partial charge in [0, 0.05) is 5.92 Å². The summed E-state index contributed by atoms with van der Waals surface area (Å²) in [5, 5.41) is 0. The van der Waals surface area contributed by atoms with Gasteiger partial charge in [0.25, 0.3) is 0 Å². The fourth-order valence-electron chi connectivity index (χ4n) is 6.81. The third kappa shape index (κ3) is 4.07. The minimum atomic E-state index is -0.776. The van der Waals surface area contributed by atoms with Crippen molar-refractivity contribution in [2.45, 2.75) is 55.7 Å². The minimum absolute atomic E-state index is 0.181. The first-order valence-corrected chi connectivity index (χ1v) is 14.8. The van der Waals surface area contributed by atoms with Crippen molar-refractivity contribution in [1.82, 2.24) is 0 Å². The summed E-state index contributed by atoms with van der Waals surface area (Å²) in [5.41, 5.74) is 5.21. The number of hydrogen-bond donors (Lipinski definition) is 0. The van der Waals surface area contributed by atoms with Crippen molar-refractivity contribution in [2.75, 3.05) is 11.5 Å². The molecule has 2 amide bonds. The summed E-state index contributed by atoms with van der Waals surface area (Å²) in [7, 11) is 0. The Morgan fingerprint density at radius 1 is 0.821 bits per heavy atom. The molecule has 3 aliphatic carbocycles. The lowest BCUT2D eigenvalue weighted by atomic mass is 9.55. The van der Waals surface area contributed by atoms with E-state index >= 15 is 0 Å². The van der Waals surface area contributed by atoms with Crippen LogP contribution < -0.4 is 4.90 Å². The molecular formula is C33H32BrNO4. The van der Waals surface area contributed by atoms with Gasteiger partial charge < -0.3 is 4.74 Å². The van der Waals surface area contributed by atoms with E-state index < -0.39 is 16.2 Å². The normalized spacial score (nSPS) is 24.4. The summed E-state index contributed by atoms with van der Waals surface area (Å²) < 4.78 is 4.67. The smallest absolute Gasteiger partial charge is 0.338 e. The molecule has 0 spiro atoms. The molecule has 1 fully saturated rings. The lowest BCUT2D eigenvalue weighted by Gasteiger charge is -2.51. The fraction of sp³-hybridized carbons (Fsp3) is 0.364. The molecule has 6 heteroatoms. The third-order valence-electron chi connectivity index (χ3n) is 8.61. The zero-order chi connectivity index (χ0) is 27.1. The molecule has 1 saturated heterocycles. The molecule has 1 heterocycles. The molecule has 7 rings (SSSR count). The van der Waals surface area contributed by atoms with E-state index in [1.165, 1.54) is 24.2 Å². The number of nitrogens with zero attached hydrogens (tertiary/aromatic N) is 1. The van der Waals surface area contributed by atoms with Crippen molar-refractivity contribution in [2.24, 2.45) is 11.8 Å². The summed E-state index contributed by atoms with van der Waals surface area (Å²) in [6.07, 6.45) is 6.74. The van der Waals surface area contributed by atoms with E-state index in [4.69, 9.17) is 4.74 Å². The van der Waals surface area contributed by atoms with Gasteiger partial charge >= 0.3 is 5.97 Å². The van der Waals surface area contributed by atoms with Gasteiger partial charge in [0.1, 0.15) is 0 Å². The van der Waals surface area contributed by atoms with Crippen LogP contribution in [0.4, 0.5) is 5.69 Å². The van der Waals surface area contributed by atoms with Crippen LogP contribution in [0.25, 0.3) is 0 Å². The number of imide groups is 1. The maximum Gasteiger partial charge on any atom is 0.338 e. The van der Waals surface area contributed by atoms with Crippen LogP contribution >= 0.6 is 15.9 Å². The van der Waals surface area contributed by atoms with Crippen LogP contribution in [-0.2, 0) is 18.7 Å². The molecule has 0 aromatic heterocycles. The molecule has 5 nitrogen and oxygen atoms in total. The number of anilines is 1. The predicted octanol–water partition coefficient (Wildman–Crippen LogP) is 7.11. The van der Waals surface area contributed by atoms with Gasteiger partial charge in [-0.15, -0.1) is 0 Å². The number of rotatable bonds is 9. The maximum atomic E-state index is 14.0. The molecule has 1 aliphatic heterocycles. The Bertz CT molecular complexity index is 1380. The number of benzene rings is 3. The van der Waals surface area contributed by atoms with E-state index in [0.717, 1.165) is 41.5 Å². The minimum Gasteiger partial charge on any atom is -0.462 e. The predicted molar refractivity (Wildman–Crippen MR) is 154 cm³/mol. The highest BCUT2D eigenvalue weighted by molar-refractivity contribution is 9.09. The Labute approximate surface area is 237 Å². The Morgan fingerprint density at radius 2 is 1.41 bits per heavy atom. The molecule has 0 radical (unpaired) electrons. The molecule has 200 valence electrons. The molecular weight excluding hydrogens is 554 g/mol. The van der Waals surface area contributed by atoms with Crippen molar-refractivity contribution in [3.63, 3.8) is 0 Å². The van der Waals surface area contributed by atoms with Gasteiger partial charge in [0.15, 0.2) is 0 Å². The van der Waals surface area contributed by atoms with E-state index in [2.05, 4.69) is 47.1 Å². The Balaban J connectivity index is 1.23. The summed E-state index contributed by atoms with van der Waals surface area (Å²) in [6, 6.07) is 22.9. The standard InChI is InChI=1S/C33H32BrNO4/c1-2-3-4-5-6-11-20-39-32(38)21-16-18-22(19-17-21)35-30(36)28-27-23-12-7-9-14-25(23)33(34,29(28)31(35)37)26-15-10-8-13-24(26)27/h7-10,12-19,27-29H,2-6,11,20H2,1H3/t27?,28-,29+,33?/m0/s1. The number of carbonyl (C=O) groups excluding carboxylic acids is 3. The first-order valence-electron chi connectivity index (χ1n) is 14.0. The molecule has 0 saturated carbocycles. The van der Waals surface area contributed by atoms with Crippen LogP contribution in [0.3, 0.4) is 0 Å². The molecule has 39 heavy (non-hydrogen) atoms. The maximum absolute atomic E-state index is 14.0. The van der Waals surface area contributed by atoms with Gasteiger partial charge in [0.2, 0.25) is 11.8 Å². The number of alkyl halides is 1. The number of hydrogen-bond acceptors (Lipinski definition) is 4. The number of unbranched alkanes of at least 4 members (excludes halogenated alkanes) is 5. The van der Waals surface area contributed by atoms with Crippen LogP contribution in [-0.4, -0.2) is 24.4 Å². The summed E-state index contributed by atoms with van der Waals surface area (Å²) in [5.74, 6) is -2.02. The molecule has 0 unspecified atom stereocenters. The van der Waals surface area contributed by atoms with Gasteiger partial charge in [-0.2, -0.15) is 0 Å². The van der Waals surface area contributed by atoms with E-state index in [1.807, 2.05) is 24.3 Å².